The fourth-order valence-corrected chi connectivity index (χ4v) is 4.17. The Morgan fingerprint density at radius 3 is 2.41 bits per heavy atom. The molecule has 27 heavy (non-hydrogen) atoms. The Hall–Kier alpha value is -2.62. The molecule has 1 saturated heterocycles. The number of anilines is 1. The second-order valence-corrected chi connectivity index (χ2v) is 7.73. The van der Waals surface area contributed by atoms with E-state index in [-0.39, 0.29) is 17.7 Å². The van der Waals surface area contributed by atoms with Gasteiger partial charge in [-0.2, -0.15) is 0 Å². The average Bonchev–Trinajstić information content (AvgIpc) is 3.13. The molecule has 2 aromatic carbocycles. The minimum Gasteiger partial charge on any atom is -0.339 e. The van der Waals surface area contributed by atoms with E-state index in [2.05, 4.69) is 13.0 Å². The molecular weight excluding hydrogens is 336 g/mol. The molecule has 0 N–H and O–H groups in total. The van der Waals surface area contributed by atoms with Gasteiger partial charge in [-0.3, -0.25) is 9.59 Å². The molecule has 0 aliphatic carbocycles. The van der Waals surface area contributed by atoms with Gasteiger partial charge in [0.05, 0.1) is 0 Å². The van der Waals surface area contributed by atoms with Crippen molar-refractivity contribution in [1.29, 1.82) is 0 Å². The van der Waals surface area contributed by atoms with Crippen LogP contribution < -0.4 is 4.90 Å². The molecule has 4 heteroatoms. The lowest BCUT2D eigenvalue weighted by molar-refractivity contribution is -0.123. The number of hydrogen-bond acceptors (Lipinski definition) is 2. The Bertz CT molecular complexity index is 882. The molecule has 2 heterocycles. The predicted molar refractivity (Wildman–Crippen MR) is 107 cm³/mol. The molecule has 140 valence electrons. The van der Waals surface area contributed by atoms with Gasteiger partial charge in [0.2, 0.25) is 5.91 Å². The van der Waals surface area contributed by atoms with E-state index in [0.717, 1.165) is 42.6 Å². The molecule has 4 rings (SSSR count). The summed E-state index contributed by atoms with van der Waals surface area (Å²) in [6.07, 6.45) is 2.42. The highest BCUT2D eigenvalue weighted by Crippen LogP contribution is 2.31. The lowest BCUT2D eigenvalue weighted by Crippen LogP contribution is -2.44. The zero-order valence-corrected chi connectivity index (χ0v) is 16.1. The van der Waals surface area contributed by atoms with Crippen LogP contribution in [0.15, 0.2) is 42.5 Å². The molecule has 2 amide bonds. The number of piperidine rings is 1. The summed E-state index contributed by atoms with van der Waals surface area (Å²) >= 11 is 0. The zero-order chi connectivity index (χ0) is 19.0. The molecule has 4 nitrogen and oxygen atoms in total. The number of nitrogens with zero attached hydrogens (tertiary/aromatic N) is 2. The molecule has 1 fully saturated rings. The van der Waals surface area contributed by atoms with Crippen LogP contribution in [0.3, 0.4) is 0 Å². The normalized spacial score (nSPS) is 17.1. The number of rotatable bonds is 2. The van der Waals surface area contributed by atoms with Crippen LogP contribution in [0, 0.1) is 19.8 Å². The van der Waals surface area contributed by atoms with Gasteiger partial charge in [0.15, 0.2) is 0 Å². The number of fused-ring (bicyclic) bond motifs is 1. The Morgan fingerprint density at radius 2 is 1.67 bits per heavy atom. The Labute approximate surface area is 160 Å². The predicted octanol–water partition coefficient (Wildman–Crippen LogP) is 3.74. The highest BCUT2D eigenvalue weighted by molar-refractivity contribution is 5.98. The lowest BCUT2D eigenvalue weighted by Gasteiger charge is -2.33. The van der Waals surface area contributed by atoms with E-state index in [1.807, 2.05) is 53.1 Å². The summed E-state index contributed by atoms with van der Waals surface area (Å²) in [6, 6.07) is 14.0. The van der Waals surface area contributed by atoms with E-state index >= 15 is 0 Å². The molecule has 0 aromatic heterocycles. The van der Waals surface area contributed by atoms with Crippen molar-refractivity contribution in [3.8, 4) is 0 Å². The third kappa shape index (κ3) is 3.36. The van der Waals surface area contributed by atoms with E-state index in [9.17, 15) is 9.59 Å². The topological polar surface area (TPSA) is 40.6 Å². The van der Waals surface area contributed by atoms with Gasteiger partial charge in [0.1, 0.15) is 0 Å². The van der Waals surface area contributed by atoms with Crippen LogP contribution in [-0.4, -0.2) is 36.3 Å². The van der Waals surface area contributed by atoms with Crippen molar-refractivity contribution in [2.45, 2.75) is 33.1 Å². The summed E-state index contributed by atoms with van der Waals surface area (Å²) in [6.45, 7) is 6.16. The number of amides is 2. The molecule has 0 spiro atoms. The Kier molecular flexibility index (Phi) is 4.73. The summed E-state index contributed by atoms with van der Waals surface area (Å²) in [5.41, 5.74) is 5.40. The van der Waals surface area contributed by atoms with Gasteiger partial charge in [-0.15, -0.1) is 0 Å². The van der Waals surface area contributed by atoms with Crippen molar-refractivity contribution in [1.82, 2.24) is 4.90 Å². The SMILES string of the molecule is Cc1ccc(C(=O)N2CCC(C(=O)N3CCc4ccccc43)CC2)cc1C. The van der Waals surface area contributed by atoms with E-state index < -0.39 is 0 Å². The van der Waals surface area contributed by atoms with E-state index in [0.29, 0.717) is 13.1 Å². The van der Waals surface area contributed by atoms with Crippen LogP contribution in [0.1, 0.15) is 39.9 Å². The van der Waals surface area contributed by atoms with Crippen LogP contribution in [0.5, 0.6) is 0 Å². The van der Waals surface area contributed by atoms with Crippen molar-refractivity contribution < 1.29 is 9.59 Å². The van der Waals surface area contributed by atoms with E-state index in [1.54, 1.807) is 0 Å². The highest BCUT2D eigenvalue weighted by atomic mass is 16.2. The third-order valence-corrected chi connectivity index (χ3v) is 6.04. The van der Waals surface area contributed by atoms with Gasteiger partial charge in [-0.1, -0.05) is 24.3 Å². The maximum atomic E-state index is 13.0. The molecule has 0 saturated carbocycles. The fourth-order valence-electron chi connectivity index (χ4n) is 4.17. The lowest BCUT2D eigenvalue weighted by atomic mass is 9.94. The minimum atomic E-state index is 0.0139. The molecule has 0 radical (unpaired) electrons. The van der Waals surface area contributed by atoms with Crippen LogP contribution in [0.4, 0.5) is 5.69 Å². The largest absolute Gasteiger partial charge is 0.339 e. The van der Waals surface area contributed by atoms with Gasteiger partial charge >= 0.3 is 0 Å². The van der Waals surface area contributed by atoms with Gasteiger partial charge in [-0.25, -0.2) is 0 Å². The second-order valence-electron chi connectivity index (χ2n) is 7.73. The van der Waals surface area contributed by atoms with E-state index in [1.165, 1.54) is 11.1 Å². The molecule has 0 unspecified atom stereocenters. The second kappa shape index (κ2) is 7.18. The number of likely N-dealkylation sites (tertiary alicyclic amines) is 1. The van der Waals surface area contributed by atoms with Gasteiger partial charge < -0.3 is 9.80 Å². The molecule has 0 bridgehead atoms. The first-order valence-corrected chi connectivity index (χ1v) is 9.80. The molecular formula is C23H26N2O2. The maximum absolute atomic E-state index is 13.0. The summed E-state index contributed by atoms with van der Waals surface area (Å²) in [4.78, 5) is 29.6. The van der Waals surface area contributed by atoms with Crippen LogP contribution in [-0.2, 0) is 11.2 Å². The summed E-state index contributed by atoms with van der Waals surface area (Å²) in [5, 5.41) is 0. The third-order valence-electron chi connectivity index (χ3n) is 6.04. The van der Waals surface area contributed by atoms with Crippen LogP contribution in [0.2, 0.25) is 0 Å². The number of aryl methyl sites for hydroxylation is 2. The molecule has 2 aliphatic rings. The number of hydrogen-bond donors (Lipinski definition) is 0. The first-order valence-electron chi connectivity index (χ1n) is 9.80. The van der Waals surface area contributed by atoms with Gasteiger partial charge in [0.25, 0.3) is 5.91 Å². The Morgan fingerprint density at radius 1 is 0.926 bits per heavy atom. The molecule has 2 aromatic rings. The monoisotopic (exact) mass is 362 g/mol. The quantitative estimate of drug-likeness (QED) is 0.816. The van der Waals surface area contributed by atoms with Crippen LogP contribution in [0.25, 0.3) is 0 Å². The zero-order valence-electron chi connectivity index (χ0n) is 16.1. The van der Waals surface area contributed by atoms with Crippen molar-refractivity contribution in [3.63, 3.8) is 0 Å². The first-order chi connectivity index (χ1) is 13.0. The average molecular weight is 362 g/mol. The molecule has 2 aliphatic heterocycles. The van der Waals surface area contributed by atoms with Crippen molar-refractivity contribution in [2.24, 2.45) is 5.92 Å². The smallest absolute Gasteiger partial charge is 0.253 e. The highest BCUT2D eigenvalue weighted by Gasteiger charge is 2.33. The standard InChI is InChI=1S/C23H26N2O2/c1-16-7-8-20(15-17(16)2)22(26)24-12-9-19(10-13-24)23(27)25-14-11-18-5-3-4-6-21(18)25/h3-8,15,19H,9-14H2,1-2H3. The fraction of sp³-hybridized carbons (Fsp3) is 0.391. The Balaban J connectivity index is 1.39. The van der Waals surface area contributed by atoms with Gasteiger partial charge in [0, 0.05) is 36.8 Å². The van der Waals surface area contributed by atoms with Crippen molar-refractivity contribution in [3.05, 3.63) is 64.7 Å². The van der Waals surface area contributed by atoms with Crippen molar-refractivity contribution >= 4 is 17.5 Å². The number of carbonyl (C=O) groups excluding carboxylic acids is 2. The first kappa shape index (κ1) is 17.8. The number of benzene rings is 2. The summed E-state index contributed by atoms with van der Waals surface area (Å²) < 4.78 is 0. The maximum Gasteiger partial charge on any atom is 0.253 e. The van der Waals surface area contributed by atoms with Crippen molar-refractivity contribution in [2.75, 3.05) is 24.5 Å². The van der Waals surface area contributed by atoms with Gasteiger partial charge in [-0.05, 0) is 68.0 Å². The molecule has 0 atom stereocenters. The van der Waals surface area contributed by atoms with E-state index in [4.69, 9.17) is 0 Å². The summed E-state index contributed by atoms with van der Waals surface area (Å²) in [7, 11) is 0. The number of carbonyl (C=O) groups is 2. The summed E-state index contributed by atoms with van der Waals surface area (Å²) in [5.74, 6) is 0.314. The minimum absolute atomic E-state index is 0.0139. The van der Waals surface area contributed by atoms with Crippen LogP contribution >= 0.6 is 0 Å². The number of para-hydroxylation sites is 1.